The maximum Gasteiger partial charge on any atom is 0.313 e. The van der Waals surface area contributed by atoms with Gasteiger partial charge < -0.3 is 4.74 Å². The fraction of sp³-hybridized carbons (Fsp3) is 0.250. The summed E-state index contributed by atoms with van der Waals surface area (Å²) in [4.78, 5) is 11.3. The molecule has 74 valence electrons. The molecule has 0 fully saturated rings. The molecule has 1 aromatic carbocycles. The van der Waals surface area contributed by atoms with Crippen molar-refractivity contribution in [3.8, 4) is 5.75 Å². The van der Waals surface area contributed by atoms with Gasteiger partial charge in [-0.2, -0.15) is 0 Å². The predicted molar refractivity (Wildman–Crippen MR) is 57.0 cm³/mol. The summed E-state index contributed by atoms with van der Waals surface area (Å²) in [5, 5.41) is 0. The molecule has 14 heavy (non-hydrogen) atoms. The first-order valence-electron chi connectivity index (χ1n) is 4.57. The summed E-state index contributed by atoms with van der Waals surface area (Å²) in [6, 6.07) is 7.28. The van der Waals surface area contributed by atoms with E-state index in [1.165, 1.54) is 0 Å². The Morgan fingerprint density at radius 1 is 1.50 bits per heavy atom. The minimum atomic E-state index is -0.216. The van der Waals surface area contributed by atoms with Crippen molar-refractivity contribution >= 4 is 12.0 Å². The van der Waals surface area contributed by atoms with E-state index < -0.39 is 0 Å². The number of rotatable bonds is 3. The summed E-state index contributed by atoms with van der Waals surface area (Å²) >= 11 is 0. The number of hydrogen-bond donors (Lipinski definition) is 0. The SMILES string of the molecule is C=Cc1cccc(OC(=O)C(C)C)c1. The van der Waals surface area contributed by atoms with Gasteiger partial charge in [-0.15, -0.1) is 0 Å². The summed E-state index contributed by atoms with van der Waals surface area (Å²) in [5.74, 6) is 0.245. The molecule has 1 aromatic rings. The molecule has 0 heterocycles. The quantitative estimate of drug-likeness (QED) is 0.541. The molecule has 0 saturated carbocycles. The largest absolute Gasteiger partial charge is 0.426 e. The number of hydrogen-bond acceptors (Lipinski definition) is 2. The zero-order valence-corrected chi connectivity index (χ0v) is 8.49. The van der Waals surface area contributed by atoms with Crippen LogP contribution in [0.4, 0.5) is 0 Å². The van der Waals surface area contributed by atoms with Crippen LogP contribution in [0.2, 0.25) is 0 Å². The van der Waals surface area contributed by atoms with Crippen molar-refractivity contribution in [3.63, 3.8) is 0 Å². The van der Waals surface area contributed by atoms with Crippen molar-refractivity contribution in [1.29, 1.82) is 0 Å². The minimum absolute atomic E-state index is 0.109. The Hall–Kier alpha value is -1.57. The van der Waals surface area contributed by atoms with E-state index in [0.29, 0.717) is 5.75 Å². The third-order valence-corrected chi connectivity index (χ3v) is 1.78. The third-order valence-electron chi connectivity index (χ3n) is 1.78. The Morgan fingerprint density at radius 2 is 2.21 bits per heavy atom. The van der Waals surface area contributed by atoms with E-state index in [1.807, 2.05) is 12.1 Å². The summed E-state index contributed by atoms with van der Waals surface area (Å²) in [6.07, 6.45) is 1.71. The highest BCUT2D eigenvalue weighted by Crippen LogP contribution is 2.15. The molecule has 2 heteroatoms. The number of esters is 1. The average molecular weight is 190 g/mol. The normalized spacial score (nSPS) is 9.93. The summed E-state index contributed by atoms with van der Waals surface area (Å²) in [6.45, 7) is 7.26. The van der Waals surface area contributed by atoms with E-state index >= 15 is 0 Å². The van der Waals surface area contributed by atoms with Crippen molar-refractivity contribution in [2.24, 2.45) is 5.92 Å². The first-order valence-corrected chi connectivity index (χ1v) is 4.57. The molecule has 0 amide bonds. The Bertz CT molecular complexity index is 340. The van der Waals surface area contributed by atoms with E-state index in [9.17, 15) is 4.79 Å². The molecule has 1 rings (SSSR count). The van der Waals surface area contributed by atoms with Gasteiger partial charge in [-0.05, 0) is 17.7 Å². The van der Waals surface area contributed by atoms with Crippen LogP contribution in [0.3, 0.4) is 0 Å². The second kappa shape index (κ2) is 4.61. The molecule has 0 aliphatic rings. The van der Waals surface area contributed by atoms with Gasteiger partial charge in [0.25, 0.3) is 0 Å². The van der Waals surface area contributed by atoms with Crippen LogP contribution >= 0.6 is 0 Å². The maximum absolute atomic E-state index is 11.3. The smallest absolute Gasteiger partial charge is 0.313 e. The highest BCUT2D eigenvalue weighted by atomic mass is 16.5. The number of carbonyl (C=O) groups is 1. The van der Waals surface area contributed by atoms with E-state index in [1.54, 1.807) is 32.1 Å². The van der Waals surface area contributed by atoms with Crippen LogP contribution < -0.4 is 4.74 Å². The monoisotopic (exact) mass is 190 g/mol. The molecular formula is C12H14O2. The van der Waals surface area contributed by atoms with Gasteiger partial charge in [-0.1, -0.05) is 38.6 Å². The van der Waals surface area contributed by atoms with Crippen LogP contribution in [0.5, 0.6) is 5.75 Å². The number of benzene rings is 1. The van der Waals surface area contributed by atoms with Gasteiger partial charge in [0.05, 0.1) is 5.92 Å². The van der Waals surface area contributed by atoms with Crippen LogP contribution in [0, 0.1) is 5.92 Å². The lowest BCUT2D eigenvalue weighted by molar-refractivity contribution is -0.137. The van der Waals surface area contributed by atoms with E-state index in [-0.39, 0.29) is 11.9 Å². The zero-order valence-electron chi connectivity index (χ0n) is 8.49. The summed E-state index contributed by atoms with van der Waals surface area (Å²) < 4.78 is 5.13. The fourth-order valence-electron chi connectivity index (χ4n) is 0.939. The lowest BCUT2D eigenvalue weighted by Crippen LogP contribution is -2.14. The van der Waals surface area contributed by atoms with Gasteiger partial charge in [0.15, 0.2) is 0 Å². The predicted octanol–water partition coefficient (Wildman–Crippen LogP) is 2.89. The summed E-state index contributed by atoms with van der Waals surface area (Å²) in [7, 11) is 0. The van der Waals surface area contributed by atoms with Gasteiger partial charge in [0.1, 0.15) is 5.75 Å². The Morgan fingerprint density at radius 3 is 2.79 bits per heavy atom. The highest BCUT2D eigenvalue weighted by Gasteiger charge is 2.09. The van der Waals surface area contributed by atoms with Crippen molar-refractivity contribution in [2.75, 3.05) is 0 Å². The standard InChI is InChI=1S/C12H14O2/c1-4-10-6-5-7-11(8-10)14-12(13)9(2)3/h4-9H,1H2,2-3H3. The minimum Gasteiger partial charge on any atom is -0.426 e. The molecule has 2 nitrogen and oxygen atoms in total. The first-order chi connectivity index (χ1) is 6.63. The van der Waals surface area contributed by atoms with E-state index in [0.717, 1.165) is 5.56 Å². The molecule has 0 aliphatic heterocycles. The topological polar surface area (TPSA) is 26.3 Å². The van der Waals surface area contributed by atoms with Crippen molar-refractivity contribution < 1.29 is 9.53 Å². The van der Waals surface area contributed by atoms with Gasteiger partial charge in [-0.25, -0.2) is 0 Å². The van der Waals surface area contributed by atoms with Crippen LogP contribution in [0.1, 0.15) is 19.4 Å². The Labute approximate surface area is 84.2 Å². The lowest BCUT2D eigenvalue weighted by atomic mass is 10.2. The second-order valence-electron chi connectivity index (χ2n) is 3.35. The van der Waals surface area contributed by atoms with Gasteiger partial charge in [0.2, 0.25) is 0 Å². The van der Waals surface area contributed by atoms with Gasteiger partial charge >= 0.3 is 5.97 Å². The molecule has 0 N–H and O–H groups in total. The lowest BCUT2D eigenvalue weighted by Gasteiger charge is -2.06. The molecule has 0 spiro atoms. The van der Waals surface area contributed by atoms with Crippen molar-refractivity contribution in [1.82, 2.24) is 0 Å². The Kier molecular flexibility index (Phi) is 3.46. The van der Waals surface area contributed by atoms with Crippen LogP contribution in [-0.2, 0) is 4.79 Å². The van der Waals surface area contributed by atoms with Crippen LogP contribution in [-0.4, -0.2) is 5.97 Å². The second-order valence-corrected chi connectivity index (χ2v) is 3.35. The van der Waals surface area contributed by atoms with Crippen molar-refractivity contribution in [3.05, 3.63) is 36.4 Å². The molecule has 0 aliphatic carbocycles. The average Bonchev–Trinajstić information content (AvgIpc) is 2.18. The third kappa shape index (κ3) is 2.73. The molecular weight excluding hydrogens is 176 g/mol. The number of carbonyl (C=O) groups excluding carboxylic acids is 1. The molecule has 0 atom stereocenters. The Balaban J connectivity index is 2.76. The number of ether oxygens (including phenoxy) is 1. The molecule has 0 aromatic heterocycles. The molecule has 0 saturated heterocycles. The molecule has 0 bridgehead atoms. The maximum atomic E-state index is 11.3. The van der Waals surface area contributed by atoms with Gasteiger partial charge in [0, 0.05) is 0 Å². The van der Waals surface area contributed by atoms with Crippen LogP contribution in [0.25, 0.3) is 6.08 Å². The highest BCUT2D eigenvalue weighted by molar-refractivity contribution is 5.74. The first kappa shape index (κ1) is 10.5. The van der Waals surface area contributed by atoms with E-state index in [4.69, 9.17) is 4.74 Å². The van der Waals surface area contributed by atoms with Gasteiger partial charge in [-0.3, -0.25) is 4.79 Å². The summed E-state index contributed by atoms with van der Waals surface area (Å²) in [5.41, 5.74) is 0.944. The fourth-order valence-corrected chi connectivity index (χ4v) is 0.939. The molecule has 0 radical (unpaired) electrons. The van der Waals surface area contributed by atoms with E-state index in [2.05, 4.69) is 6.58 Å². The van der Waals surface area contributed by atoms with Crippen LogP contribution in [0.15, 0.2) is 30.8 Å². The van der Waals surface area contributed by atoms with Crippen molar-refractivity contribution in [2.45, 2.75) is 13.8 Å². The zero-order chi connectivity index (χ0) is 10.6. The molecule has 0 unspecified atom stereocenters.